The van der Waals surface area contributed by atoms with Crippen molar-refractivity contribution in [3.8, 4) is 11.8 Å². The molecule has 0 amide bonds. The number of rotatable bonds is 2. The van der Waals surface area contributed by atoms with E-state index in [1.165, 1.54) is 0 Å². The number of aromatic nitrogens is 1. The van der Waals surface area contributed by atoms with Gasteiger partial charge in [0.05, 0.1) is 5.52 Å². The van der Waals surface area contributed by atoms with Crippen LogP contribution in [0.25, 0.3) is 10.9 Å². The van der Waals surface area contributed by atoms with Crippen molar-refractivity contribution in [1.82, 2.24) is 4.98 Å². The summed E-state index contributed by atoms with van der Waals surface area (Å²) >= 11 is 0. The molecule has 0 saturated heterocycles. The van der Waals surface area contributed by atoms with E-state index in [9.17, 15) is 0 Å². The van der Waals surface area contributed by atoms with Crippen molar-refractivity contribution in [2.24, 2.45) is 5.73 Å². The summed E-state index contributed by atoms with van der Waals surface area (Å²) in [5.41, 5.74) is 8.53. The van der Waals surface area contributed by atoms with E-state index in [1.54, 1.807) is 0 Å². The molecule has 0 atom stereocenters. The Labute approximate surface area is 102 Å². The van der Waals surface area contributed by atoms with Gasteiger partial charge in [0.2, 0.25) is 0 Å². The zero-order valence-electron chi connectivity index (χ0n) is 10.0. The molecule has 1 aromatic heterocycles. The minimum Gasteiger partial charge on any atom is -0.330 e. The van der Waals surface area contributed by atoms with Crippen molar-refractivity contribution in [1.29, 1.82) is 0 Å². The third-order valence-electron chi connectivity index (χ3n) is 2.57. The maximum Gasteiger partial charge on any atom is 0.0706 e. The van der Waals surface area contributed by atoms with Gasteiger partial charge in [-0.2, -0.15) is 0 Å². The van der Waals surface area contributed by atoms with Crippen molar-refractivity contribution in [2.45, 2.75) is 19.8 Å². The number of fused-ring (bicyclic) bond motifs is 1. The summed E-state index contributed by atoms with van der Waals surface area (Å²) in [5.74, 6) is 6.28. The second-order valence-corrected chi connectivity index (χ2v) is 4.05. The minimum absolute atomic E-state index is 0.704. The molecule has 0 radical (unpaired) electrons. The Morgan fingerprint density at radius 1 is 1.24 bits per heavy atom. The van der Waals surface area contributed by atoms with Crippen LogP contribution in [0.4, 0.5) is 0 Å². The zero-order valence-corrected chi connectivity index (χ0v) is 10.0. The van der Waals surface area contributed by atoms with Crippen LogP contribution in [0.5, 0.6) is 0 Å². The molecule has 0 aliphatic rings. The van der Waals surface area contributed by atoms with Gasteiger partial charge in [-0.15, -0.1) is 0 Å². The maximum atomic E-state index is 5.42. The van der Waals surface area contributed by atoms with Crippen molar-refractivity contribution < 1.29 is 0 Å². The third-order valence-corrected chi connectivity index (χ3v) is 2.57. The van der Waals surface area contributed by atoms with Gasteiger partial charge in [-0.3, -0.25) is 4.98 Å². The van der Waals surface area contributed by atoms with Crippen LogP contribution in [0, 0.1) is 18.8 Å². The highest BCUT2D eigenvalue weighted by atomic mass is 14.7. The standard InChI is InChI=1S/C15H16N2/c1-12-6-8-14-11-13(5-3-2-4-10-16)7-9-15(14)17-12/h6-9,11H,2,4,10,16H2,1H3. The van der Waals surface area contributed by atoms with E-state index in [2.05, 4.69) is 29.0 Å². The summed E-state index contributed by atoms with van der Waals surface area (Å²) < 4.78 is 0. The normalized spacial score (nSPS) is 10.0. The lowest BCUT2D eigenvalue weighted by atomic mass is 10.1. The number of hydrogen-bond donors (Lipinski definition) is 1. The molecule has 0 bridgehead atoms. The van der Waals surface area contributed by atoms with E-state index in [4.69, 9.17) is 5.73 Å². The molecule has 0 aliphatic carbocycles. The number of hydrogen-bond acceptors (Lipinski definition) is 2. The van der Waals surface area contributed by atoms with Crippen LogP contribution in [0.2, 0.25) is 0 Å². The average molecular weight is 224 g/mol. The van der Waals surface area contributed by atoms with Gasteiger partial charge < -0.3 is 5.73 Å². The average Bonchev–Trinajstić information content (AvgIpc) is 2.35. The molecule has 1 aromatic carbocycles. The van der Waals surface area contributed by atoms with Crippen LogP contribution < -0.4 is 5.73 Å². The maximum absolute atomic E-state index is 5.42. The largest absolute Gasteiger partial charge is 0.330 e. The lowest BCUT2D eigenvalue weighted by Gasteiger charge is -1.99. The lowest BCUT2D eigenvalue weighted by Crippen LogP contribution is -1.96. The van der Waals surface area contributed by atoms with Gasteiger partial charge in [0.15, 0.2) is 0 Å². The van der Waals surface area contributed by atoms with Gasteiger partial charge in [-0.1, -0.05) is 17.9 Å². The van der Waals surface area contributed by atoms with Gasteiger partial charge in [0.1, 0.15) is 0 Å². The molecule has 86 valence electrons. The van der Waals surface area contributed by atoms with Crippen LogP contribution in [0.15, 0.2) is 30.3 Å². The third kappa shape index (κ3) is 3.05. The molecule has 17 heavy (non-hydrogen) atoms. The molecule has 2 aromatic rings. The quantitative estimate of drug-likeness (QED) is 0.629. The smallest absolute Gasteiger partial charge is 0.0706 e. The van der Waals surface area contributed by atoms with Crippen molar-refractivity contribution in [3.05, 3.63) is 41.6 Å². The first-order valence-electron chi connectivity index (χ1n) is 5.86. The molecule has 0 aliphatic heterocycles. The first kappa shape index (κ1) is 11.6. The van der Waals surface area contributed by atoms with Gasteiger partial charge >= 0.3 is 0 Å². The van der Waals surface area contributed by atoms with E-state index in [0.717, 1.165) is 35.0 Å². The minimum atomic E-state index is 0.704. The van der Waals surface area contributed by atoms with Gasteiger partial charge in [-0.25, -0.2) is 0 Å². The Morgan fingerprint density at radius 3 is 2.94 bits per heavy atom. The molecular formula is C15H16N2. The predicted octanol–water partition coefficient (Wildman–Crippen LogP) is 2.63. The summed E-state index contributed by atoms with van der Waals surface area (Å²) in [6.45, 7) is 2.70. The second-order valence-electron chi connectivity index (χ2n) is 4.05. The highest BCUT2D eigenvalue weighted by Crippen LogP contribution is 2.14. The highest BCUT2D eigenvalue weighted by molar-refractivity contribution is 5.80. The van der Waals surface area contributed by atoms with Crippen molar-refractivity contribution in [2.75, 3.05) is 6.54 Å². The zero-order chi connectivity index (χ0) is 12.1. The van der Waals surface area contributed by atoms with Crippen molar-refractivity contribution >= 4 is 10.9 Å². The summed E-state index contributed by atoms with van der Waals surface area (Å²) in [4.78, 5) is 4.46. The van der Waals surface area contributed by atoms with E-state index in [1.807, 2.05) is 25.1 Å². The summed E-state index contributed by atoms with van der Waals surface area (Å²) in [6.07, 6.45) is 1.82. The van der Waals surface area contributed by atoms with E-state index in [0.29, 0.717) is 6.54 Å². The Hall–Kier alpha value is -1.85. The van der Waals surface area contributed by atoms with E-state index < -0.39 is 0 Å². The van der Waals surface area contributed by atoms with Crippen molar-refractivity contribution in [3.63, 3.8) is 0 Å². The number of benzene rings is 1. The number of aryl methyl sites for hydroxylation is 1. The van der Waals surface area contributed by atoms with Crippen LogP contribution >= 0.6 is 0 Å². The van der Waals surface area contributed by atoms with Gasteiger partial charge in [-0.05, 0) is 44.2 Å². The van der Waals surface area contributed by atoms with E-state index in [-0.39, 0.29) is 0 Å². The Bertz CT molecular complexity index is 576. The molecule has 2 nitrogen and oxygen atoms in total. The Kier molecular flexibility index (Phi) is 3.74. The molecule has 0 saturated carbocycles. The fourth-order valence-electron chi connectivity index (χ4n) is 1.66. The van der Waals surface area contributed by atoms with Gasteiger partial charge in [0.25, 0.3) is 0 Å². The SMILES string of the molecule is Cc1ccc2cc(C#CCCCN)ccc2n1. The number of nitrogens with two attached hydrogens (primary N) is 1. The number of pyridine rings is 1. The summed E-state index contributed by atoms with van der Waals surface area (Å²) in [7, 11) is 0. The van der Waals surface area contributed by atoms with Gasteiger partial charge in [0, 0.05) is 23.1 Å². The molecular weight excluding hydrogens is 208 g/mol. The first-order chi connectivity index (χ1) is 8.29. The molecule has 1 heterocycles. The number of nitrogens with zero attached hydrogens (tertiary/aromatic N) is 1. The monoisotopic (exact) mass is 224 g/mol. The Morgan fingerprint density at radius 2 is 2.12 bits per heavy atom. The van der Waals surface area contributed by atoms with Crippen LogP contribution in [-0.2, 0) is 0 Å². The first-order valence-corrected chi connectivity index (χ1v) is 5.86. The number of unbranched alkanes of at least 4 members (excludes halogenated alkanes) is 1. The molecule has 0 fully saturated rings. The molecule has 0 unspecified atom stereocenters. The molecule has 2 N–H and O–H groups in total. The molecule has 2 rings (SSSR count). The highest BCUT2D eigenvalue weighted by Gasteiger charge is 1.95. The topological polar surface area (TPSA) is 38.9 Å². The van der Waals surface area contributed by atoms with Crippen LogP contribution in [0.1, 0.15) is 24.1 Å². The van der Waals surface area contributed by atoms with E-state index >= 15 is 0 Å². The predicted molar refractivity (Wildman–Crippen MR) is 71.6 cm³/mol. The fraction of sp³-hybridized carbons (Fsp3) is 0.267. The van der Waals surface area contributed by atoms with Crippen LogP contribution in [-0.4, -0.2) is 11.5 Å². The molecule has 0 spiro atoms. The summed E-state index contributed by atoms with van der Waals surface area (Å²) in [6, 6.07) is 10.2. The summed E-state index contributed by atoms with van der Waals surface area (Å²) in [5, 5.41) is 1.14. The lowest BCUT2D eigenvalue weighted by molar-refractivity contribution is 0.870. The Balaban J connectivity index is 2.25. The van der Waals surface area contributed by atoms with Crippen LogP contribution in [0.3, 0.4) is 0 Å². The second kappa shape index (κ2) is 5.47. The fourth-order valence-corrected chi connectivity index (χ4v) is 1.66. The molecule has 2 heteroatoms.